The summed E-state index contributed by atoms with van der Waals surface area (Å²) < 4.78 is 0. The molecule has 0 bridgehead atoms. The summed E-state index contributed by atoms with van der Waals surface area (Å²) in [7, 11) is 0. The minimum absolute atomic E-state index is 0.0423. The van der Waals surface area contributed by atoms with Gasteiger partial charge in [-0.05, 0) is 31.2 Å². The number of benzene rings is 1. The van der Waals surface area contributed by atoms with Gasteiger partial charge in [-0.3, -0.25) is 0 Å². The van der Waals surface area contributed by atoms with Crippen molar-refractivity contribution < 1.29 is 4.79 Å². The van der Waals surface area contributed by atoms with E-state index in [4.69, 9.17) is 0 Å². The fourth-order valence-electron chi connectivity index (χ4n) is 2.64. The van der Waals surface area contributed by atoms with Crippen LogP contribution in [0.1, 0.15) is 43.7 Å². The largest absolute Gasteiger partial charge is 0.335 e. The standard InChI is InChI=1S/C16H24N2O/c1-12-7-9-14(10-8-12)11-17-16(19)18-15-6-4-3-5-13(15)2/h7-10,13,15H,3-6,11H2,1-2H3,(H2,17,18,19). The predicted octanol–water partition coefficient (Wildman–Crippen LogP) is 3.37. The second-order valence-corrected chi connectivity index (χ2v) is 5.68. The van der Waals surface area contributed by atoms with Crippen molar-refractivity contribution in [2.45, 2.75) is 52.1 Å². The first-order valence-corrected chi connectivity index (χ1v) is 7.25. The third-order valence-corrected chi connectivity index (χ3v) is 4.00. The molecule has 1 fully saturated rings. The number of nitrogens with one attached hydrogen (secondary N) is 2. The summed E-state index contributed by atoms with van der Waals surface area (Å²) >= 11 is 0. The molecular formula is C16H24N2O. The summed E-state index contributed by atoms with van der Waals surface area (Å²) in [4.78, 5) is 11.9. The minimum atomic E-state index is -0.0423. The van der Waals surface area contributed by atoms with Crippen LogP contribution in [0.3, 0.4) is 0 Å². The summed E-state index contributed by atoms with van der Waals surface area (Å²) in [6.45, 7) is 4.88. The van der Waals surface area contributed by atoms with Gasteiger partial charge in [0, 0.05) is 12.6 Å². The Balaban J connectivity index is 1.76. The van der Waals surface area contributed by atoms with Gasteiger partial charge in [0.05, 0.1) is 0 Å². The summed E-state index contributed by atoms with van der Waals surface area (Å²) in [5.74, 6) is 0.596. The summed E-state index contributed by atoms with van der Waals surface area (Å²) in [6.07, 6.45) is 4.86. The fraction of sp³-hybridized carbons (Fsp3) is 0.562. The van der Waals surface area contributed by atoms with Crippen LogP contribution in [0.25, 0.3) is 0 Å². The average molecular weight is 260 g/mol. The number of urea groups is 1. The fourth-order valence-corrected chi connectivity index (χ4v) is 2.64. The van der Waals surface area contributed by atoms with Gasteiger partial charge in [0.15, 0.2) is 0 Å². The molecule has 0 spiro atoms. The van der Waals surface area contributed by atoms with E-state index in [0.717, 1.165) is 12.0 Å². The topological polar surface area (TPSA) is 41.1 Å². The summed E-state index contributed by atoms with van der Waals surface area (Å²) in [5.41, 5.74) is 2.38. The Morgan fingerprint density at radius 2 is 1.89 bits per heavy atom. The molecule has 2 rings (SSSR count). The van der Waals surface area contributed by atoms with Crippen LogP contribution in [-0.2, 0) is 6.54 Å². The van der Waals surface area contributed by atoms with Crippen LogP contribution in [0.4, 0.5) is 4.79 Å². The molecule has 19 heavy (non-hydrogen) atoms. The van der Waals surface area contributed by atoms with Crippen molar-refractivity contribution in [3.8, 4) is 0 Å². The van der Waals surface area contributed by atoms with Gasteiger partial charge in [-0.25, -0.2) is 4.79 Å². The molecule has 0 aliphatic heterocycles. The molecule has 2 atom stereocenters. The quantitative estimate of drug-likeness (QED) is 0.859. The van der Waals surface area contributed by atoms with Crippen molar-refractivity contribution >= 4 is 6.03 Å². The van der Waals surface area contributed by atoms with E-state index < -0.39 is 0 Å². The van der Waals surface area contributed by atoms with Crippen molar-refractivity contribution in [1.82, 2.24) is 10.6 Å². The zero-order valence-corrected chi connectivity index (χ0v) is 11.9. The molecule has 0 saturated heterocycles. The Morgan fingerprint density at radius 3 is 2.58 bits per heavy atom. The molecule has 104 valence electrons. The van der Waals surface area contributed by atoms with Crippen LogP contribution in [0, 0.1) is 12.8 Å². The highest BCUT2D eigenvalue weighted by molar-refractivity contribution is 5.74. The van der Waals surface area contributed by atoms with Crippen LogP contribution in [0.15, 0.2) is 24.3 Å². The third-order valence-electron chi connectivity index (χ3n) is 4.00. The highest BCUT2D eigenvalue weighted by Crippen LogP contribution is 2.23. The van der Waals surface area contributed by atoms with E-state index in [1.807, 2.05) is 0 Å². The molecule has 3 nitrogen and oxygen atoms in total. The van der Waals surface area contributed by atoms with Gasteiger partial charge in [-0.2, -0.15) is 0 Å². The van der Waals surface area contributed by atoms with E-state index in [1.54, 1.807) is 0 Å². The molecule has 0 heterocycles. The predicted molar refractivity (Wildman–Crippen MR) is 78.0 cm³/mol. The van der Waals surface area contributed by atoms with Gasteiger partial charge < -0.3 is 10.6 Å². The molecule has 1 aliphatic carbocycles. The summed E-state index contributed by atoms with van der Waals surface area (Å²) in [5, 5.41) is 6.04. The van der Waals surface area contributed by atoms with Crippen molar-refractivity contribution in [3.63, 3.8) is 0 Å². The number of aryl methyl sites for hydroxylation is 1. The molecule has 3 heteroatoms. The van der Waals surface area contributed by atoms with Gasteiger partial charge in [-0.1, -0.05) is 49.6 Å². The van der Waals surface area contributed by atoms with Crippen molar-refractivity contribution in [2.75, 3.05) is 0 Å². The number of rotatable bonds is 3. The lowest BCUT2D eigenvalue weighted by Gasteiger charge is -2.29. The Hall–Kier alpha value is -1.51. The molecular weight excluding hydrogens is 236 g/mol. The van der Waals surface area contributed by atoms with Crippen LogP contribution < -0.4 is 10.6 Å². The van der Waals surface area contributed by atoms with E-state index in [0.29, 0.717) is 18.5 Å². The minimum Gasteiger partial charge on any atom is -0.335 e. The van der Waals surface area contributed by atoms with Crippen LogP contribution in [-0.4, -0.2) is 12.1 Å². The number of hydrogen-bond acceptors (Lipinski definition) is 1. The Bertz CT molecular complexity index is 413. The number of carbonyl (C=O) groups is 1. The van der Waals surface area contributed by atoms with Crippen molar-refractivity contribution in [1.29, 1.82) is 0 Å². The van der Waals surface area contributed by atoms with Crippen LogP contribution in [0.5, 0.6) is 0 Å². The maximum Gasteiger partial charge on any atom is 0.315 e. The first-order chi connectivity index (χ1) is 9.15. The van der Waals surface area contributed by atoms with Gasteiger partial charge in [-0.15, -0.1) is 0 Å². The molecule has 0 aromatic heterocycles. The zero-order valence-electron chi connectivity index (χ0n) is 11.9. The normalized spacial score (nSPS) is 22.8. The van der Waals surface area contributed by atoms with E-state index in [-0.39, 0.29) is 6.03 Å². The van der Waals surface area contributed by atoms with Crippen molar-refractivity contribution in [3.05, 3.63) is 35.4 Å². The molecule has 0 radical (unpaired) electrons. The number of hydrogen-bond donors (Lipinski definition) is 2. The Morgan fingerprint density at radius 1 is 1.21 bits per heavy atom. The third kappa shape index (κ3) is 4.27. The molecule has 1 aliphatic rings. The lowest BCUT2D eigenvalue weighted by molar-refractivity contribution is 0.221. The molecule has 2 amide bonds. The first kappa shape index (κ1) is 13.9. The van der Waals surface area contributed by atoms with Gasteiger partial charge in [0.1, 0.15) is 0 Å². The molecule has 2 N–H and O–H groups in total. The van der Waals surface area contributed by atoms with E-state index in [1.165, 1.54) is 24.8 Å². The van der Waals surface area contributed by atoms with Gasteiger partial charge in [0.2, 0.25) is 0 Å². The number of carbonyl (C=O) groups excluding carboxylic acids is 1. The molecule has 1 aromatic carbocycles. The maximum atomic E-state index is 11.9. The first-order valence-electron chi connectivity index (χ1n) is 7.25. The molecule has 1 saturated carbocycles. The average Bonchev–Trinajstić information content (AvgIpc) is 2.41. The lowest BCUT2D eigenvalue weighted by atomic mass is 9.86. The van der Waals surface area contributed by atoms with Crippen molar-refractivity contribution in [2.24, 2.45) is 5.92 Å². The SMILES string of the molecule is Cc1ccc(CNC(=O)NC2CCCCC2C)cc1. The van der Waals surface area contributed by atoms with Gasteiger partial charge in [0.25, 0.3) is 0 Å². The second kappa shape index (κ2) is 6.60. The van der Waals surface area contributed by atoms with Gasteiger partial charge >= 0.3 is 6.03 Å². The maximum absolute atomic E-state index is 11.9. The molecule has 1 aromatic rings. The Kier molecular flexibility index (Phi) is 4.83. The van der Waals surface area contributed by atoms with Crippen LogP contribution in [0.2, 0.25) is 0 Å². The number of amides is 2. The lowest BCUT2D eigenvalue weighted by Crippen LogP contribution is -2.45. The van der Waals surface area contributed by atoms with Crippen LogP contribution >= 0.6 is 0 Å². The zero-order chi connectivity index (χ0) is 13.7. The Labute approximate surface area is 115 Å². The highest BCUT2D eigenvalue weighted by atomic mass is 16.2. The molecule has 2 unspecified atom stereocenters. The van der Waals surface area contributed by atoms with E-state index in [9.17, 15) is 4.79 Å². The second-order valence-electron chi connectivity index (χ2n) is 5.68. The van der Waals surface area contributed by atoms with E-state index >= 15 is 0 Å². The summed E-state index contributed by atoms with van der Waals surface area (Å²) in [6, 6.07) is 8.54. The van der Waals surface area contributed by atoms with E-state index in [2.05, 4.69) is 48.7 Å². The monoisotopic (exact) mass is 260 g/mol. The highest BCUT2D eigenvalue weighted by Gasteiger charge is 2.22. The smallest absolute Gasteiger partial charge is 0.315 e.